The molecule has 21 heavy (non-hydrogen) atoms. The molecule has 0 aliphatic carbocycles. The maximum Gasteiger partial charge on any atom is 2.00 e. The van der Waals surface area contributed by atoms with Crippen LogP contribution >= 0.6 is 0 Å². The van der Waals surface area contributed by atoms with E-state index in [1.807, 2.05) is 0 Å². The Balaban J connectivity index is 0.000000364. The summed E-state index contributed by atoms with van der Waals surface area (Å²) < 4.78 is 61.7. The summed E-state index contributed by atoms with van der Waals surface area (Å²) in [6, 6.07) is 14.4. The molecule has 0 radical (unpaired) electrons. The quantitative estimate of drug-likeness (QED) is 0.591. The maximum absolute atomic E-state index is 10.3. The Morgan fingerprint density at radius 1 is 0.571 bits per heavy atom. The van der Waals surface area contributed by atoms with Gasteiger partial charge in [-0.3, -0.25) is 0 Å². The van der Waals surface area contributed by atoms with Crippen LogP contribution in [0.25, 0.3) is 0 Å². The van der Waals surface area contributed by atoms with Crippen LogP contribution in [-0.4, -0.2) is 49.0 Å². The molecule has 0 bridgehead atoms. The predicted octanol–water partition coefficient (Wildman–Crippen LogP) is 0.801. The third-order valence-corrected chi connectivity index (χ3v) is 3.76. The Bertz CT molecular complexity index is 675. The van der Waals surface area contributed by atoms with E-state index in [1.54, 1.807) is 12.1 Å². The molecule has 0 aromatic heterocycles. The van der Waals surface area contributed by atoms with Gasteiger partial charge >= 0.3 is 23.1 Å². The van der Waals surface area contributed by atoms with Crippen molar-refractivity contribution in [1.29, 1.82) is 0 Å². The second kappa shape index (κ2) is 8.46. The molecule has 0 amide bonds. The summed E-state index contributed by atoms with van der Waals surface area (Å²) in [5.41, 5.74) is 0. The molecule has 0 saturated heterocycles. The van der Waals surface area contributed by atoms with E-state index in [-0.39, 0.29) is 32.8 Å². The molecule has 2 rings (SSSR count). The summed E-state index contributed by atoms with van der Waals surface area (Å²) >= 11 is 0. The fourth-order valence-corrected chi connectivity index (χ4v) is 2.16. The van der Waals surface area contributed by atoms with Gasteiger partial charge in [-0.05, 0) is 24.3 Å². The molecule has 0 heterocycles. The zero-order chi connectivity index (χ0) is 15.2. The fraction of sp³-hybridized carbons (Fsp3) is 0. The molecule has 2 aromatic rings. The van der Waals surface area contributed by atoms with Gasteiger partial charge in [-0.1, -0.05) is 36.4 Å². The van der Waals surface area contributed by atoms with E-state index in [2.05, 4.69) is 0 Å². The summed E-state index contributed by atoms with van der Waals surface area (Å²) in [6.07, 6.45) is 0. The number of hydrogen-bond donors (Lipinski definition) is 0. The first kappa shape index (κ1) is 20.0. The zero-order valence-corrected chi connectivity index (χ0v) is 13.8. The van der Waals surface area contributed by atoms with E-state index in [0.29, 0.717) is 0 Å². The van der Waals surface area contributed by atoms with E-state index >= 15 is 0 Å². The third-order valence-electron chi connectivity index (χ3n) is 2.06. The molecular formula is C12H10MgO6S2. The summed E-state index contributed by atoms with van der Waals surface area (Å²) in [4.78, 5) is -0.370. The van der Waals surface area contributed by atoms with Gasteiger partial charge in [0.25, 0.3) is 0 Å². The van der Waals surface area contributed by atoms with Crippen molar-refractivity contribution in [2.75, 3.05) is 0 Å². The second-order valence-corrected chi connectivity index (χ2v) is 6.29. The van der Waals surface area contributed by atoms with Crippen molar-refractivity contribution in [3.8, 4) is 0 Å². The molecular weight excluding hydrogens is 329 g/mol. The summed E-state index contributed by atoms with van der Waals surface area (Å²) in [5, 5.41) is 0. The van der Waals surface area contributed by atoms with Crippen LogP contribution in [0.15, 0.2) is 70.5 Å². The topological polar surface area (TPSA) is 114 Å². The van der Waals surface area contributed by atoms with Crippen molar-refractivity contribution in [3.63, 3.8) is 0 Å². The SMILES string of the molecule is O=S(=O)([O-])c1ccccc1.O=S(=O)([O-])c1ccccc1.[Mg+2]. The van der Waals surface area contributed by atoms with Crippen LogP contribution in [0.1, 0.15) is 0 Å². The van der Waals surface area contributed by atoms with E-state index in [0.717, 1.165) is 0 Å². The first-order valence-electron chi connectivity index (χ1n) is 5.23. The van der Waals surface area contributed by atoms with Gasteiger partial charge in [0.1, 0.15) is 20.2 Å². The van der Waals surface area contributed by atoms with Gasteiger partial charge in [0.2, 0.25) is 0 Å². The van der Waals surface area contributed by atoms with Crippen LogP contribution in [0.3, 0.4) is 0 Å². The van der Waals surface area contributed by atoms with E-state index in [1.165, 1.54) is 48.5 Å². The van der Waals surface area contributed by atoms with Crippen LogP contribution in [0, 0.1) is 0 Å². The largest absolute Gasteiger partial charge is 2.00 e. The first-order chi connectivity index (χ1) is 9.21. The van der Waals surface area contributed by atoms with Gasteiger partial charge in [0.05, 0.1) is 9.79 Å². The van der Waals surface area contributed by atoms with Gasteiger partial charge < -0.3 is 9.11 Å². The second-order valence-electron chi connectivity index (χ2n) is 3.53. The zero-order valence-electron chi connectivity index (χ0n) is 10.7. The average molecular weight is 339 g/mol. The Kier molecular flexibility index (Phi) is 8.07. The van der Waals surface area contributed by atoms with Crippen molar-refractivity contribution >= 4 is 43.3 Å². The first-order valence-corrected chi connectivity index (χ1v) is 8.05. The van der Waals surface area contributed by atoms with Gasteiger partial charge in [-0.25, -0.2) is 16.8 Å². The molecule has 0 saturated carbocycles. The summed E-state index contributed by atoms with van der Waals surface area (Å²) in [6.45, 7) is 0. The minimum Gasteiger partial charge on any atom is -0.744 e. The molecule has 6 nitrogen and oxygen atoms in total. The minimum atomic E-state index is -4.25. The smallest absolute Gasteiger partial charge is 0.744 e. The van der Waals surface area contributed by atoms with Crippen LogP contribution in [0.2, 0.25) is 0 Å². The predicted molar refractivity (Wildman–Crippen MR) is 74.6 cm³/mol. The molecule has 9 heteroatoms. The molecule has 0 spiro atoms. The van der Waals surface area contributed by atoms with Gasteiger partial charge in [0.15, 0.2) is 0 Å². The standard InChI is InChI=1S/2C6H6O3S.Mg/c2*7-10(8,9)6-4-2-1-3-5-6;/h2*1-5H,(H,7,8,9);/q;;+2/p-2. The van der Waals surface area contributed by atoms with E-state index in [9.17, 15) is 25.9 Å². The van der Waals surface area contributed by atoms with Crippen molar-refractivity contribution < 1.29 is 25.9 Å². The Labute approximate surface area is 139 Å². The molecule has 108 valence electrons. The average Bonchev–Trinajstić information content (AvgIpc) is 2.40. The monoisotopic (exact) mass is 338 g/mol. The molecule has 0 aliphatic rings. The Morgan fingerprint density at radius 2 is 0.810 bits per heavy atom. The fourth-order valence-electron chi connectivity index (χ4n) is 1.17. The molecule has 0 unspecified atom stereocenters. The number of benzene rings is 2. The van der Waals surface area contributed by atoms with Crippen LogP contribution < -0.4 is 0 Å². The van der Waals surface area contributed by atoms with Crippen molar-refractivity contribution in [3.05, 3.63) is 60.7 Å². The Morgan fingerprint density at radius 3 is 0.952 bits per heavy atom. The van der Waals surface area contributed by atoms with Crippen LogP contribution in [0.4, 0.5) is 0 Å². The summed E-state index contributed by atoms with van der Waals surface area (Å²) in [5.74, 6) is 0. The Hall–Kier alpha value is -0.974. The number of hydrogen-bond acceptors (Lipinski definition) is 6. The minimum absolute atomic E-state index is 0. The molecule has 0 aliphatic heterocycles. The van der Waals surface area contributed by atoms with Crippen LogP contribution in [-0.2, 0) is 20.2 Å². The van der Waals surface area contributed by atoms with Crippen molar-refractivity contribution in [2.24, 2.45) is 0 Å². The van der Waals surface area contributed by atoms with Crippen molar-refractivity contribution in [2.45, 2.75) is 9.79 Å². The normalized spacial score (nSPS) is 10.8. The number of rotatable bonds is 2. The van der Waals surface area contributed by atoms with E-state index in [4.69, 9.17) is 0 Å². The van der Waals surface area contributed by atoms with Gasteiger partial charge in [0, 0.05) is 0 Å². The van der Waals surface area contributed by atoms with Crippen LogP contribution in [0.5, 0.6) is 0 Å². The maximum atomic E-state index is 10.3. The molecule has 0 N–H and O–H groups in total. The molecule has 2 aromatic carbocycles. The molecule has 0 atom stereocenters. The van der Waals surface area contributed by atoms with Crippen molar-refractivity contribution in [1.82, 2.24) is 0 Å². The van der Waals surface area contributed by atoms with E-state index < -0.39 is 20.2 Å². The summed E-state index contributed by atoms with van der Waals surface area (Å²) in [7, 11) is -8.51. The van der Waals surface area contributed by atoms with Gasteiger partial charge in [-0.2, -0.15) is 0 Å². The van der Waals surface area contributed by atoms with Gasteiger partial charge in [-0.15, -0.1) is 0 Å². The molecule has 0 fully saturated rings. The third kappa shape index (κ3) is 7.55.